The van der Waals surface area contributed by atoms with Crippen molar-refractivity contribution in [1.82, 2.24) is 0 Å². The molecule has 1 atom stereocenters. The van der Waals surface area contributed by atoms with Crippen LogP contribution in [-0.4, -0.2) is 6.04 Å². The van der Waals surface area contributed by atoms with Gasteiger partial charge in [0.2, 0.25) is 0 Å². The van der Waals surface area contributed by atoms with Crippen LogP contribution in [0.5, 0.6) is 11.5 Å². The lowest BCUT2D eigenvalue weighted by atomic mass is 10.0. The van der Waals surface area contributed by atoms with Crippen LogP contribution in [0.15, 0.2) is 36.4 Å². The summed E-state index contributed by atoms with van der Waals surface area (Å²) >= 11 is 5.93. The molecule has 2 nitrogen and oxygen atoms in total. The van der Waals surface area contributed by atoms with Gasteiger partial charge in [-0.05, 0) is 54.8 Å². The average molecular weight is 312 g/mol. The molecule has 5 heteroatoms. The van der Waals surface area contributed by atoms with E-state index in [4.69, 9.17) is 22.1 Å². The molecule has 21 heavy (non-hydrogen) atoms. The normalized spacial score (nSPS) is 12.2. The molecular formula is C16H16ClF2NO. The summed E-state index contributed by atoms with van der Waals surface area (Å²) in [5.41, 5.74) is 6.57. The first-order chi connectivity index (χ1) is 9.99. The quantitative estimate of drug-likeness (QED) is 0.869. The Balaban J connectivity index is 2.30. The van der Waals surface area contributed by atoms with Gasteiger partial charge in [0, 0.05) is 6.04 Å². The molecule has 0 aliphatic heterocycles. The lowest BCUT2D eigenvalue weighted by Crippen LogP contribution is -2.21. The molecule has 0 fully saturated rings. The molecule has 2 aromatic rings. The molecule has 0 bridgehead atoms. The predicted molar refractivity (Wildman–Crippen MR) is 79.9 cm³/mol. The van der Waals surface area contributed by atoms with Crippen LogP contribution in [0.2, 0.25) is 5.02 Å². The predicted octanol–water partition coefficient (Wildman–Crippen LogP) is 4.69. The van der Waals surface area contributed by atoms with E-state index in [-0.39, 0.29) is 16.9 Å². The molecule has 2 rings (SSSR count). The zero-order chi connectivity index (χ0) is 15.4. The van der Waals surface area contributed by atoms with Crippen molar-refractivity contribution in [3.05, 3.63) is 58.6 Å². The molecule has 1 unspecified atom stereocenters. The van der Waals surface area contributed by atoms with Crippen molar-refractivity contribution in [2.75, 3.05) is 0 Å². The molecule has 0 saturated heterocycles. The van der Waals surface area contributed by atoms with Crippen LogP contribution >= 0.6 is 11.6 Å². The van der Waals surface area contributed by atoms with E-state index < -0.39 is 5.82 Å². The molecule has 0 aromatic heterocycles. The molecule has 2 aromatic carbocycles. The number of nitrogens with two attached hydrogens (primary N) is 1. The number of halogens is 3. The molecule has 112 valence electrons. The Morgan fingerprint density at radius 1 is 1.10 bits per heavy atom. The molecule has 0 aliphatic rings. The maximum atomic E-state index is 13.4. The number of hydrogen-bond acceptors (Lipinski definition) is 2. The maximum Gasteiger partial charge on any atom is 0.146 e. The number of benzene rings is 2. The highest BCUT2D eigenvalue weighted by atomic mass is 35.5. The van der Waals surface area contributed by atoms with Crippen molar-refractivity contribution < 1.29 is 13.5 Å². The third kappa shape index (κ3) is 4.16. The minimum atomic E-state index is -0.445. The van der Waals surface area contributed by atoms with Gasteiger partial charge in [-0.15, -0.1) is 0 Å². The fourth-order valence-electron chi connectivity index (χ4n) is 1.91. The lowest BCUT2D eigenvalue weighted by molar-refractivity contribution is 0.468. The molecule has 0 saturated carbocycles. The van der Waals surface area contributed by atoms with Crippen molar-refractivity contribution in [1.29, 1.82) is 0 Å². The fraction of sp³-hybridized carbons (Fsp3) is 0.250. The Kier molecular flexibility index (Phi) is 5.15. The van der Waals surface area contributed by atoms with Crippen LogP contribution in [0.25, 0.3) is 0 Å². The summed E-state index contributed by atoms with van der Waals surface area (Å²) in [4.78, 5) is 0. The second-order valence-electron chi connectivity index (χ2n) is 4.80. The standard InChI is InChI=1S/C16H16ClF2NO/c1-2-13(20)8-10-7-11(18)3-5-15(10)21-16-6-4-12(19)9-14(16)17/h3-7,9,13H,2,8,20H2,1H3. The summed E-state index contributed by atoms with van der Waals surface area (Å²) in [6.07, 6.45) is 1.26. The molecule has 0 radical (unpaired) electrons. The number of rotatable bonds is 5. The van der Waals surface area contributed by atoms with Gasteiger partial charge in [0.1, 0.15) is 23.1 Å². The van der Waals surface area contributed by atoms with Gasteiger partial charge in [0.25, 0.3) is 0 Å². The highest BCUT2D eigenvalue weighted by molar-refractivity contribution is 6.32. The van der Waals surface area contributed by atoms with Crippen LogP contribution < -0.4 is 10.5 Å². The van der Waals surface area contributed by atoms with E-state index in [0.29, 0.717) is 23.5 Å². The van der Waals surface area contributed by atoms with Crippen LogP contribution in [0, 0.1) is 11.6 Å². The summed E-state index contributed by atoms with van der Waals surface area (Å²) in [7, 11) is 0. The van der Waals surface area contributed by atoms with Gasteiger partial charge in [0.15, 0.2) is 0 Å². The largest absolute Gasteiger partial charge is 0.456 e. The summed E-state index contributed by atoms with van der Waals surface area (Å²) < 4.78 is 32.1. The number of ether oxygens (including phenoxy) is 1. The maximum absolute atomic E-state index is 13.4. The first-order valence-electron chi connectivity index (χ1n) is 6.66. The van der Waals surface area contributed by atoms with Crippen molar-refractivity contribution in [3.63, 3.8) is 0 Å². The zero-order valence-corrected chi connectivity index (χ0v) is 12.3. The second kappa shape index (κ2) is 6.87. The SMILES string of the molecule is CCC(N)Cc1cc(F)ccc1Oc1ccc(F)cc1Cl. The van der Waals surface area contributed by atoms with E-state index >= 15 is 0 Å². The smallest absolute Gasteiger partial charge is 0.146 e. The van der Waals surface area contributed by atoms with Gasteiger partial charge in [-0.1, -0.05) is 18.5 Å². The van der Waals surface area contributed by atoms with Gasteiger partial charge >= 0.3 is 0 Å². The van der Waals surface area contributed by atoms with Gasteiger partial charge in [-0.3, -0.25) is 0 Å². The van der Waals surface area contributed by atoms with Crippen molar-refractivity contribution >= 4 is 11.6 Å². The Morgan fingerprint density at radius 2 is 1.71 bits per heavy atom. The summed E-state index contributed by atoms with van der Waals surface area (Å²) in [6.45, 7) is 1.96. The molecule has 2 N–H and O–H groups in total. The third-order valence-electron chi connectivity index (χ3n) is 3.14. The van der Waals surface area contributed by atoms with Crippen LogP contribution in [0.3, 0.4) is 0 Å². The van der Waals surface area contributed by atoms with Crippen LogP contribution in [-0.2, 0) is 6.42 Å². The van der Waals surface area contributed by atoms with E-state index in [1.54, 1.807) is 0 Å². The first-order valence-corrected chi connectivity index (χ1v) is 7.04. The Labute approximate surface area is 127 Å². The minimum Gasteiger partial charge on any atom is -0.456 e. The van der Waals surface area contributed by atoms with E-state index in [1.165, 1.54) is 30.3 Å². The molecule has 0 aliphatic carbocycles. The van der Waals surface area contributed by atoms with Gasteiger partial charge in [-0.2, -0.15) is 0 Å². The van der Waals surface area contributed by atoms with Crippen molar-refractivity contribution in [2.45, 2.75) is 25.8 Å². The first kappa shape index (κ1) is 15.7. The van der Waals surface area contributed by atoms with Gasteiger partial charge in [-0.25, -0.2) is 8.78 Å². The summed E-state index contributed by atoms with van der Waals surface area (Å²) in [5, 5.41) is 0.157. The van der Waals surface area contributed by atoms with Crippen LogP contribution in [0.1, 0.15) is 18.9 Å². The van der Waals surface area contributed by atoms with E-state index in [9.17, 15) is 8.78 Å². The topological polar surface area (TPSA) is 35.2 Å². The highest BCUT2D eigenvalue weighted by Gasteiger charge is 2.12. The Morgan fingerprint density at radius 3 is 2.33 bits per heavy atom. The zero-order valence-electron chi connectivity index (χ0n) is 11.6. The van der Waals surface area contributed by atoms with E-state index in [1.807, 2.05) is 6.92 Å². The molecule has 0 heterocycles. The van der Waals surface area contributed by atoms with Gasteiger partial charge < -0.3 is 10.5 Å². The molecule has 0 amide bonds. The van der Waals surface area contributed by atoms with E-state index in [2.05, 4.69) is 0 Å². The Hall–Kier alpha value is -1.65. The summed E-state index contributed by atoms with van der Waals surface area (Å²) in [6, 6.07) is 7.98. The average Bonchev–Trinajstić information content (AvgIpc) is 2.44. The van der Waals surface area contributed by atoms with Crippen LogP contribution in [0.4, 0.5) is 8.78 Å². The van der Waals surface area contributed by atoms with Crippen molar-refractivity contribution in [3.8, 4) is 11.5 Å². The molecule has 0 spiro atoms. The monoisotopic (exact) mass is 311 g/mol. The third-order valence-corrected chi connectivity index (χ3v) is 3.44. The lowest BCUT2D eigenvalue weighted by Gasteiger charge is -2.15. The second-order valence-corrected chi connectivity index (χ2v) is 5.21. The van der Waals surface area contributed by atoms with E-state index in [0.717, 1.165) is 12.5 Å². The number of hydrogen-bond donors (Lipinski definition) is 1. The van der Waals surface area contributed by atoms with Gasteiger partial charge in [0.05, 0.1) is 5.02 Å². The van der Waals surface area contributed by atoms with Crippen molar-refractivity contribution in [2.24, 2.45) is 5.73 Å². The Bertz CT molecular complexity index is 634. The summed E-state index contributed by atoms with van der Waals surface area (Å²) in [5.74, 6) is -0.0182. The fourth-order valence-corrected chi connectivity index (χ4v) is 2.12. The highest BCUT2D eigenvalue weighted by Crippen LogP contribution is 2.32. The minimum absolute atomic E-state index is 0.0853. The molecular weight excluding hydrogens is 296 g/mol.